The minimum Gasteiger partial charge on any atom is -0.481 e. The zero-order valence-corrected chi connectivity index (χ0v) is 15.6. The van der Waals surface area contributed by atoms with Gasteiger partial charge in [-0.2, -0.15) is 0 Å². The van der Waals surface area contributed by atoms with Crippen LogP contribution in [0.4, 0.5) is 0 Å². The zero-order chi connectivity index (χ0) is 18.8. The van der Waals surface area contributed by atoms with Gasteiger partial charge in [0.15, 0.2) is 0 Å². The zero-order valence-electron chi connectivity index (χ0n) is 14.7. The number of rotatable bonds is 9. The number of hydrogen-bond donors (Lipinski definition) is 3. The summed E-state index contributed by atoms with van der Waals surface area (Å²) in [6.07, 6.45) is 7.08. The second kappa shape index (κ2) is 11.1. The first-order valence-electron chi connectivity index (χ1n) is 8.48. The molecule has 0 spiro atoms. The molecule has 0 bridgehead atoms. The van der Waals surface area contributed by atoms with Gasteiger partial charge < -0.3 is 15.5 Å². The van der Waals surface area contributed by atoms with Gasteiger partial charge in [-0.3, -0.25) is 14.4 Å². The summed E-state index contributed by atoms with van der Waals surface area (Å²) >= 11 is 1.14. The van der Waals surface area contributed by atoms with E-state index in [2.05, 4.69) is 5.32 Å². The lowest BCUT2D eigenvalue weighted by Gasteiger charge is -2.20. The number of carbonyl (C=O) groups excluding carboxylic acids is 2. The molecular weight excluding hydrogens is 342 g/mol. The molecule has 0 unspecified atom stereocenters. The van der Waals surface area contributed by atoms with Crippen molar-refractivity contribution in [2.75, 3.05) is 12.3 Å². The van der Waals surface area contributed by atoms with E-state index in [9.17, 15) is 19.5 Å². The second-order valence-corrected chi connectivity index (χ2v) is 7.31. The summed E-state index contributed by atoms with van der Waals surface area (Å²) in [5.41, 5.74) is 0.586. The Labute approximate surface area is 152 Å². The Bertz CT molecular complexity index is 544. The molecule has 0 aromatic heterocycles. The van der Waals surface area contributed by atoms with Gasteiger partial charge in [-0.05, 0) is 32.1 Å². The quantitative estimate of drug-likeness (QED) is 0.327. The van der Waals surface area contributed by atoms with Gasteiger partial charge in [-0.25, -0.2) is 0 Å². The number of aliphatic hydroxyl groups is 1. The summed E-state index contributed by atoms with van der Waals surface area (Å²) in [5.74, 6) is -1.08. The van der Waals surface area contributed by atoms with Gasteiger partial charge in [0.05, 0.1) is 12.0 Å². The van der Waals surface area contributed by atoms with Crippen LogP contribution in [0.2, 0.25) is 0 Å². The van der Waals surface area contributed by atoms with E-state index < -0.39 is 18.0 Å². The number of thioether (sulfide) groups is 1. The first-order valence-corrected chi connectivity index (χ1v) is 9.47. The van der Waals surface area contributed by atoms with Crippen LogP contribution in [0, 0.1) is 11.8 Å². The lowest BCUT2D eigenvalue weighted by molar-refractivity contribution is -0.144. The Morgan fingerprint density at radius 1 is 1.28 bits per heavy atom. The number of aliphatic carboxylic acids is 1. The molecule has 1 aliphatic carbocycles. The summed E-state index contributed by atoms with van der Waals surface area (Å²) in [4.78, 5) is 33.8. The van der Waals surface area contributed by atoms with Crippen molar-refractivity contribution in [3.05, 3.63) is 23.8 Å². The van der Waals surface area contributed by atoms with Crippen LogP contribution in [0.15, 0.2) is 23.8 Å². The SMILES string of the molecule is CC(=O)NCCSC(=O)/C(C)=C/C=C/C[C@@H](O)[C@@H]1CCC[C@@H]1C(=O)O. The summed E-state index contributed by atoms with van der Waals surface area (Å²) in [5, 5.41) is 21.9. The van der Waals surface area contributed by atoms with Gasteiger partial charge in [0.2, 0.25) is 11.0 Å². The molecule has 140 valence electrons. The predicted octanol–water partition coefficient (Wildman–Crippen LogP) is 2.14. The van der Waals surface area contributed by atoms with Crippen LogP contribution in [0.1, 0.15) is 39.5 Å². The van der Waals surface area contributed by atoms with Crippen LogP contribution in [0.3, 0.4) is 0 Å². The molecule has 0 aromatic carbocycles. The standard InChI is InChI=1S/C18H27NO5S/c1-12(18(24)25-11-10-19-13(2)20)6-3-4-9-16(21)14-7-5-8-15(14)17(22)23/h3-4,6,14-16,21H,5,7-11H2,1-2H3,(H,19,20)(H,22,23)/b4-3+,12-6+/t14-,15+,16-/m1/s1. The van der Waals surface area contributed by atoms with E-state index in [4.69, 9.17) is 5.11 Å². The average Bonchev–Trinajstić information content (AvgIpc) is 3.04. The lowest BCUT2D eigenvalue weighted by atomic mass is 9.89. The molecule has 7 heteroatoms. The van der Waals surface area contributed by atoms with Crippen molar-refractivity contribution in [1.82, 2.24) is 5.32 Å². The first kappa shape index (κ1) is 21.4. The number of nitrogens with one attached hydrogen (secondary N) is 1. The number of amides is 1. The van der Waals surface area contributed by atoms with Crippen LogP contribution < -0.4 is 5.32 Å². The number of carbonyl (C=O) groups is 3. The largest absolute Gasteiger partial charge is 0.481 e. The summed E-state index contributed by atoms with van der Waals surface area (Å²) < 4.78 is 0. The molecule has 6 nitrogen and oxygen atoms in total. The van der Waals surface area contributed by atoms with E-state index in [-0.39, 0.29) is 16.9 Å². The predicted molar refractivity (Wildman–Crippen MR) is 98.1 cm³/mol. The third kappa shape index (κ3) is 7.88. The van der Waals surface area contributed by atoms with E-state index in [1.807, 2.05) is 0 Å². The van der Waals surface area contributed by atoms with Crippen molar-refractivity contribution in [2.45, 2.75) is 45.6 Å². The van der Waals surface area contributed by atoms with Crippen LogP contribution >= 0.6 is 11.8 Å². The van der Waals surface area contributed by atoms with E-state index in [0.717, 1.165) is 24.6 Å². The normalized spacial score (nSPS) is 22.1. The first-order chi connectivity index (χ1) is 11.8. The van der Waals surface area contributed by atoms with Crippen molar-refractivity contribution in [1.29, 1.82) is 0 Å². The molecule has 25 heavy (non-hydrogen) atoms. The summed E-state index contributed by atoms with van der Waals surface area (Å²) in [7, 11) is 0. The highest BCUT2D eigenvalue weighted by Gasteiger charge is 2.36. The number of hydrogen-bond acceptors (Lipinski definition) is 5. The molecular formula is C18H27NO5S. The molecule has 0 heterocycles. The minimum atomic E-state index is -0.830. The second-order valence-electron chi connectivity index (χ2n) is 6.24. The highest BCUT2D eigenvalue weighted by atomic mass is 32.2. The van der Waals surface area contributed by atoms with Crippen molar-refractivity contribution >= 4 is 28.8 Å². The molecule has 0 radical (unpaired) electrons. The van der Waals surface area contributed by atoms with Crippen LogP contribution in [0.25, 0.3) is 0 Å². The highest BCUT2D eigenvalue weighted by Crippen LogP contribution is 2.35. The molecule has 1 rings (SSSR count). The van der Waals surface area contributed by atoms with E-state index in [0.29, 0.717) is 30.7 Å². The molecule has 1 fully saturated rings. The maximum absolute atomic E-state index is 11.9. The van der Waals surface area contributed by atoms with Crippen molar-refractivity contribution in [2.24, 2.45) is 11.8 Å². The third-order valence-electron chi connectivity index (χ3n) is 4.27. The minimum absolute atomic E-state index is 0.0581. The number of aliphatic hydroxyl groups excluding tert-OH is 1. The Balaban J connectivity index is 2.37. The molecule has 0 aromatic rings. The van der Waals surface area contributed by atoms with Gasteiger partial charge in [0.1, 0.15) is 0 Å². The molecule has 0 aliphatic heterocycles. The molecule has 1 saturated carbocycles. The topological polar surface area (TPSA) is 104 Å². The molecule has 3 N–H and O–H groups in total. The number of carboxylic acid groups (broad SMARTS) is 1. The fourth-order valence-corrected chi connectivity index (χ4v) is 3.60. The van der Waals surface area contributed by atoms with Crippen molar-refractivity contribution < 1.29 is 24.6 Å². The Hall–Kier alpha value is -1.60. The van der Waals surface area contributed by atoms with Gasteiger partial charge in [0.25, 0.3) is 0 Å². The molecule has 0 saturated heterocycles. The highest BCUT2D eigenvalue weighted by molar-refractivity contribution is 8.14. The van der Waals surface area contributed by atoms with Crippen LogP contribution in [-0.4, -0.2) is 45.6 Å². The summed E-state index contributed by atoms with van der Waals surface area (Å²) in [6, 6.07) is 0. The Kier molecular flexibility index (Phi) is 9.52. The molecule has 1 aliphatic rings. The average molecular weight is 369 g/mol. The van der Waals surface area contributed by atoms with Crippen molar-refractivity contribution in [3.8, 4) is 0 Å². The fraction of sp³-hybridized carbons (Fsp3) is 0.611. The van der Waals surface area contributed by atoms with Crippen LogP contribution in [0.5, 0.6) is 0 Å². The number of carboxylic acids is 1. The Morgan fingerprint density at radius 2 is 2.00 bits per heavy atom. The molecule has 3 atom stereocenters. The monoisotopic (exact) mass is 369 g/mol. The fourth-order valence-electron chi connectivity index (χ4n) is 2.91. The maximum Gasteiger partial charge on any atom is 0.306 e. The summed E-state index contributed by atoms with van der Waals surface area (Å²) in [6.45, 7) is 3.60. The van der Waals surface area contributed by atoms with Gasteiger partial charge in [-0.15, -0.1) is 0 Å². The van der Waals surface area contributed by atoms with E-state index >= 15 is 0 Å². The van der Waals surface area contributed by atoms with E-state index in [1.165, 1.54) is 6.92 Å². The smallest absolute Gasteiger partial charge is 0.306 e. The third-order valence-corrected chi connectivity index (χ3v) is 5.26. The lowest BCUT2D eigenvalue weighted by Crippen LogP contribution is -2.28. The maximum atomic E-state index is 11.9. The van der Waals surface area contributed by atoms with Gasteiger partial charge >= 0.3 is 5.97 Å². The molecule has 1 amide bonds. The van der Waals surface area contributed by atoms with Gasteiger partial charge in [0, 0.05) is 24.8 Å². The Morgan fingerprint density at radius 3 is 2.64 bits per heavy atom. The van der Waals surface area contributed by atoms with Gasteiger partial charge in [-0.1, -0.05) is 36.4 Å². The van der Waals surface area contributed by atoms with Crippen LogP contribution in [-0.2, 0) is 14.4 Å². The number of allylic oxidation sites excluding steroid dienone is 2. The van der Waals surface area contributed by atoms with E-state index in [1.54, 1.807) is 25.2 Å². The van der Waals surface area contributed by atoms with Crippen molar-refractivity contribution in [3.63, 3.8) is 0 Å².